The van der Waals surface area contributed by atoms with Crippen LogP contribution in [0.15, 0.2) is 18.3 Å². The first-order valence-electron chi connectivity index (χ1n) is 6.00. The Morgan fingerprint density at radius 2 is 2.35 bits per heavy atom. The highest BCUT2D eigenvalue weighted by molar-refractivity contribution is 5.77. The average molecular weight is 234 g/mol. The molecule has 0 radical (unpaired) electrons. The first-order valence-corrected chi connectivity index (χ1v) is 6.00. The van der Waals surface area contributed by atoms with Crippen LogP contribution in [0.1, 0.15) is 25.5 Å². The van der Waals surface area contributed by atoms with Crippen LogP contribution < -0.4 is 10.1 Å². The highest BCUT2D eigenvalue weighted by atomic mass is 16.5. The zero-order valence-electron chi connectivity index (χ0n) is 10.3. The van der Waals surface area contributed by atoms with E-state index in [1.807, 2.05) is 26.0 Å². The molecule has 1 aliphatic carbocycles. The van der Waals surface area contributed by atoms with Gasteiger partial charge >= 0.3 is 0 Å². The molecule has 1 saturated carbocycles. The summed E-state index contributed by atoms with van der Waals surface area (Å²) >= 11 is 0. The van der Waals surface area contributed by atoms with Gasteiger partial charge in [0.15, 0.2) is 6.61 Å². The van der Waals surface area contributed by atoms with E-state index < -0.39 is 0 Å². The normalized spacial score (nSPS) is 16.4. The molecule has 92 valence electrons. The molecule has 17 heavy (non-hydrogen) atoms. The van der Waals surface area contributed by atoms with Crippen molar-refractivity contribution in [2.75, 3.05) is 6.61 Å². The number of carbonyl (C=O) groups excluding carboxylic acids is 1. The van der Waals surface area contributed by atoms with Crippen molar-refractivity contribution in [3.8, 4) is 5.75 Å². The number of nitrogens with zero attached hydrogens (tertiary/aromatic N) is 1. The van der Waals surface area contributed by atoms with E-state index in [2.05, 4.69) is 10.3 Å². The van der Waals surface area contributed by atoms with E-state index in [0.717, 1.165) is 5.69 Å². The third-order valence-electron chi connectivity index (χ3n) is 2.97. The van der Waals surface area contributed by atoms with Crippen molar-refractivity contribution in [2.24, 2.45) is 5.92 Å². The molecule has 0 spiro atoms. The van der Waals surface area contributed by atoms with Crippen LogP contribution >= 0.6 is 0 Å². The van der Waals surface area contributed by atoms with Crippen molar-refractivity contribution in [3.05, 3.63) is 24.0 Å². The Kier molecular flexibility index (Phi) is 3.61. The topological polar surface area (TPSA) is 51.2 Å². The van der Waals surface area contributed by atoms with Crippen LogP contribution in [-0.2, 0) is 4.79 Å². The van der Waals surface area contributed by atoms with Crippen LogP contribution in [0.4, 0.5) is 0 Å². The van der Waals surface area contributed by atoms with Gasteiger partial charge in [0.25, 0.3) is 5.91 Å². The number of aromatic nitrogens is 1. The predicted molar refractivity (Wildman–Crippen MR) is 64.8 cm³/mol. The summed E-state index contributed by atoms with van der Waals surface area (Å²) in [5, 5.41) is 2.94. The van der Waals surface area contributed by atoms with Crippen LogP contribution in [0.2, 0.25) is 0 Å². The molecule has 0 aliphatic heterocycles. The van der Waals surface area contributed by atoms with Crippen molar-refractivity contribution in [3.63, 3.8) is 0 Å². The SMILES string of the molecule is Cc1ccc(OCC(=O)N[C@H](C)C2CC2)cn1. The first kappa shape index (κ1) is 11.9. The summed E-state index contributed by atoms with van der Waals surface area (Å²) in [7, 11) is 0. The van der Waals surface area contributed by atoms with Gasteiger partial charge in [-0.25, -0.2) is 0 Å². The number of hydrogen-bond donors (Lipinski definition) is 1. The molecule has 4 nitrogen and oxygen atoms in total. The van der Waals surface area contributed by atoms with Crippen molar-refractivity contribution < 1.29 is 9.53 Å². The van der Waals surface area contributed by atoms with Crippen LogP contribution in [-0.4, -0.2) is 23.5 Å². The van der Waals surface area contributed by atoms with Gasteiger partial charge in [0.1, 0.15) is 5.75 Å². The Labute approximate surface area is 101 Å². The first-order chi connectivity index (χ1) is 8.15. The maximum absolute atomic E-state index is 11.6. The predicted octanol–water partition coefficient (Wildman–Crippen LogP) is 1.68. The number of pyridine rings is 1. The maximum Gasteiger partial charge on any atom is 0.258 e. The van der Waals surface area contributed by atoms with Gasteiger partial charge in [-0.15, -0.1) is 0 Å². The lowest BCUT2D eigenvalue weighted by Gasteiger charge is -2.13. The molecule has 1 aromatic heterocycles. The molecule has 2 rings (SSSR count). The zero-order chi connectivity index (χ0) is 12.3. The molecular formula is C13H18N2O2. The van der Waals surface area contributed by atoms with Crippen molar-refractivity contribution in [2.45, 2.75) is 32.7 Å². The Balaban J connectivity index is 1.73. The van der Waals surface area contributed by atoms with Crippen molar-refractivity contribution in [1.82, 2.24) is 10.3 Å². The van der Waals surface area contributed by atoms with Gasteiger partial charge in [0.05, 0.1) is 6.20 Å². The highest BCUT2D eigenvalue weighted by Crippen LogP contribution is 2.32. The van der Waals surface area contributed by atoms with E-state index >= 15 is 0 Å². The van der Waals surface area contributed by atoms with E-state index in [-0.39, 0.29) is 18.6 Å². The van der Waals surface area contributed by atoms with E-state index in [0.29, 0.717) is 11.7 Å². The second kappa shape index (κ2) is 5.17. The van der Waals surface area contributed by atoms with Crippen LogP contribution in [0.3, 0.4) is 0 Å². The summed E-state index contributed by atoms with van der Waals surface area (Å²) in [6.07, 6.45) is 4.08. The third kappa shape index (κ3) is 3.73. The minimum atomic E-state index is -0.0648. The molecule has 1 fully saturated rings. The van der Waals surface area contributed by atoms with Crippen molar-refractivity contribution in [1.29, 1.82) is 0 Å². The summed E-state index contributed by atoms with van der Waals surface area (Å²) in [5.41, 5.74) is 0.934. The largest absolute Gasteiger partial charge is 0.482 e. The summed E-state index contributed by atoms with van der Waals surface area (Å²) in [6, 6.07) is 3.95. The smallest absolute Gasteiger partial charge is 0.258 e. The molecule has 0 aromatic carbocycles. The van der Waals surface area contributed by atoms with Crippen LogP contribution in [0, 0.1) is 12.8 Å². The molecule has 1 amide bonds. The summed E-state index contributed by atoms with van der Waals surface area (Å²) in [4.78, 5) is 15.7. The highest BCUT2D eigenvalue weighted by Gasteiger charge is 2.28. The van der Waals surface area contributed by atoms with E-state index in [1.54, 1.807) is 6.20 Å². The van der Waals surface area contributed by atoms with Crippen LogP contribution in [0.5, 0.6) is 5.75 Å². The quantitative estimate of drug-likeness (QED) is 0.843. The number of aryl methyl sites for hydroxylation is 1. The van der Waals surface area contributed by atoms with E-state index in [1.165, 1.54) is 12.8 Å². The van der Waals surface area contributed by atoms with E-state index in [9.17, 15) is 4.79 Å². The fourth-order valence-electron chi connectivity index (χ4n) is 1.70. The van der Waals surface area contributed by atoms with Gasteiger partial charge in [-0.05, 0) is 44.7 Å². The minimum Gasteiger partial charge on any atom is -0.482 e. The Bertz CT molecular complexity index is 385. The molecule has 4 heteroatoms. The number of amides is 1. The van der Waals surface area contributed by atoms with Gasteiger partial charge in [-0.1, -0.05) is 0 Å². The third-order valence-corrected chi connectivity index (χ3v) is 2.97. The molecule has 1 aliphatic rings. The number of hydrogen-bond acceptors (Lipinski definition) is 3. The van der Waals surface area contributed by atoms with Crippen LogP contribution in [0.25, 0.3) is 0 Å². The average Bonchev–Trinajstić information content (AvgIpc) is 3.12. The van der Waals surface area contributed by atoms with Gasteiger partial charge in [-0.2, -0.15) is 0 Å². The van der Waals surface area contributed by atoms with Gasteiger partial charge in [0.2, 0.25) is 0 Å². The molecule has 1 heterocycles. The fourth-order valence-corrected chi connectivity index (χ4v) is 1.70. The standard InChI is InChI=1S/C13H18N2O2/c1-9-3-6-12(7-14-9)17-8-13(16)15-10(2)11-4-5-11/h3,6-7,10-11H,4-5,8H2,1-2H3,(H,15,16)/t10-/m1/s1. The lowest BCUT2D eigenvalue weighted by Crippen LogP contribution is -2.37. The maximum atomic E-state index is 11.6. The van der Waals surface area contributed by atoms with Gasteiger partial charge < -0.3 is 10.1 Å². The Morgan fingerprint density at radius 3 is 2.94 bits per heavy atom. The van der Waals surface area contributed by atoms with E-state index in [4.69, 9.17) is 4.74 Å². The molecule has 1 aromatic rings. The number of rotatable bonds is 5. The number of nitrogens with one attached hydrogen (secondary N) is 1. The minimum absolute atomic E-state index is 0.0573. The van der Waals surface area contributed by atoms with Gasteiger partial charge in [-0.3, -0.25) is 9.78 Å². The summed E-state index contributed by atoms with van der Waals surface area (Å²) in [5.74, 6) is 1.23. The molecule has 0 unspecified atom stereocenters. The number of carbonyl (C=O) groups is 1. The lowest BCUT2D eigenvalue weighted by molar-refractivity contribution is -0.123. The second-order valence-corrected chi connectivity index (χ2v) is 4.62. The fraction of sp³-hybridized carbons (Fsp3) is 0.538. The molecule has 1 N–H and O–H groups in total. The Morgan fingerprint density at radius 1 is 1.59 bits per heavy atom. The monoisotopic (exact) mass is 234 g/mol. The summed E-state index contributed by atoms with van der Waals surface area (Å²) in [6.45, 7) is 4.01. The zero-order valence-corrected chi connectivity index (χ0v) is 10.3. The molecule has 1 atom stereocenters. The lowest BCUT2D eigenvalue weighted by atomic mass is 10.2. The summed E-state index contributed by atoms with van der Waals surface area (Å²) < 4.78 is 5.35. The van der Waals surface area contributed by atoms with Gasteiger partial charge in [0, 0.05) is 11.7 Å². The second-order valence-electron chi connectivity index (χ2n) is 4.62. The number of ether oxygens (including phenoxy) is 1. The molecule has 0 saturated heterocycles. The molecule has 0 bridgehead atoms. The van der Waals surface area contributed by atoms with Crippen molar-refractivity contribution >= 4 is 5.91 Å². The Hall–Kier alpha value is -1.58. The molecular weight excluding hydrogens is 216 g/mol.